The van der Waals surface area contributed by atoms with E-state index < -0.39 is 5.41 Å². The van der Waals surface area contributed by atoms with Gasteiger partial charge >= 0.3 is 5.97 Å². The summed E-state index contributed by atoms with van der Waals surface area (Å²) in [4.78, 5) is 24.0. The molecule has 1 unspecified atom stereocenters. The lowest BCUT2D eigenvalue weighted by atomic mass is 9.87. The molecule has 0 spiro atoms. The molecule has 4 N–H and O–H groups in total. The van der Waals surface area contributed by atoms with Crippen molar-refractivity contribution in [3.05, 3.63) is 64.2 Å². The van der Waals surface area contributed by atoms with Gasteiger partial charge in [-0.3, -0.25) is 9.59 Å². The van der Waals surface area contributed by atoms with Crippen molar-refractivity contribution >= 4 is 11.8 Å². The molecule has 6 nitrogen and oxygen atoms in total. The van der Waals surface area contributed by atoms with Crippen LogP contribution in [0.25, 0.3) is 0 Å². The highest BCUT2D eigenvalue weighted by atomic mass is 16.5. The van der Waals surface area contributed by atoms with Gasteiger partial charge in [-0.25, -0.2) is 0 Å². The molecule has 0 aliphatic heterocycles. The van der Waals surface area contributed by atoms with Crippen LogP contribution in [0.4, 0.5) is 0 Å². The first kappa shape index (κ1) is 29.5. The van der Waals surface area contributed by atoms with Crippen LogP contribution in [0.2, 0.25) is 0 Å². The molecule has 0 aliphatic rings. The molecule has 198 valence electrons. The van der Waals surface area contributed by atoms with E-state index in [1.807, 2.05) is 33.8 Å². The van der Waals surface area contributed by atoms with E-state index in [2.05, 4.69) is 37.3 Å². The van der Waals surface area contributed by atoms with Crippen molar-refractivity contribution in [3.63, 3.8) is 0 Å². The molecule has 0 aliphatic carbocycles. The first-order valence-electron chi connectivity index (χ1n) is 13.1. The van der Waals surface area contributed by atoms with Gasteiger partial charge in [-0.15, -0.1) is 0 Å². The fourth-order valence-corrected chi connectivity index (χ4v) is 4.20. The van der Waals surface area contributed by atoms with E-state index in [1.165, 1.54) is 11.1 Å². The SMILES string of the molecule is CCOC(=O)CCc1ccc(C(CC)CCc2ccc(OCC(=O)C(C)(C)C)c(CN)c2)cc1CN. The maximum atomic E-state index is 12.2. The van der Waals surface area contributed by atoms with Gasteiger partial charge in [0.1, 0.15) is 12.4 Å². The number of ketones is 1. The Labute approximate surface area is 216 Å². The van der Waals surface area contributed by atoms with Crippen LogP contribution in [0.1, 0.15) is 87.6 Å². The Morgan fingerprint density at radius 1 is 0.917 bits per heavy atom. The second kappa shape index (κ2) is 14.1. The summed E-state index contributed by atoms with van der Waals surface area (Å²) in [5.74, 6) is 0.960. The lowest BCUT2D eigenvalue weighted by Crippen LogP contribution is -2.26. The molecular formula is C30H44N2O4. The molecule has 0 bridgehead atoms. The Bertz CT molecular complexity index is 1010. The van der Waals surface area contributed by atoms with Crippen LogP contribution in [0.3, 0.4) is 0 Å². The van der Waals surface area contributed by atoms with Gasteiger partial charge in [-0.1, -0.05) is 58.0 Å². The normalized spacial score (nSPS) is 12.3. The topological polar surface area (TPSA) is 105 Å². The molecule has 0 fully saturated rings. The Morgan fingerprint density at radius 3 is 2.25 bits per heavy atom. The Balaban J connectivity index is 2.06. The van der Waals surface area contributed by atoms with Crippen molar-refractivity contribution < 1.29 is 19.1 Å². The summed E-state index contributed by atoms with van der Waals surface area (Å²) in [6.07, 6.45) is 3.93. The summed E-state index contributed by atoms with van der Waals surface area (Å²) in [6, 6.07) is 12.6. The summed E-state index contributed by atoms with van der Waals surface area (Å²) in [5, 5.41) is 0. The zero-order valence-corrected chi connectivity index (χ0v) is 22.7. The molecule has 0 amide bonds. The van der Waals surface area contributed by atoms with Crippen molar-refractivity contribution in [2.75, 3.05) is 13.2 Å². The number of carbonyl (C=O) groups excluding carboxylic acids is 2. The van der Waals surface area contributed by atoms with Gasteiger partial charge < -0.3 is 20.9 Å². The minimum Gasteiger partial charge on any atom is -0.485 e. The third kappa shape index (κ3) is 8.75. The molecule has 2 aromatic carbocycles. The first-order chi connectivity index (χ1) is 17.1. The van der Waals surface area contributed by atoms with Gasteiger partial charge in [0.05, 0.1) is 6.61 Å². The van der Waals surface area contributed by atoms with Crippen molar-refractivity contribution in [2.45, 2.75) is 85.7 Å². The van der Waals surface area contributed by atoms with Crippen LogP contribution in [-0.4, -0.2) is 25.0 Å². The van der Waals surface area contributed by atoms with Crippen molar-refractivity contribution in [1.29, 1.82) is 0 Å². The second-order valence-corrected chi connectivity index (χ2v) is 10.3. The molecule has 1 atom stereocenters. The number of hydrogen-bond acceptors (Lipinski definition) is 6. The molecule has 0 saturated heterocycles. The lowest BCUT2D eigenvalue weighted by Gasteiger charge is -2.19. The number of rotatable bonds is 14. The molecule has 0 saturated carbocycles. The standard InChI is InChI=1S/C30H44N2O4/c1-6-22(24-12-11-23(25(17-24)18-31)13-15-29(34)35-7-2)10-8-21-9-14-27(26(16-21)19-32)36-20-28(33)30(3,4)5/h9,11-12,14,16-17,22H,6-8,10,13,15,18-20,31-32H2,1-5H3. The Hall–Kier alpha value is -2.70. The molecule has 2 rings (SSSR count). The fraction of sp³-hybridized carbons (Fsp3) is 0.533. The van der Waals surface area contributed by atoms with E-state index >= 15 is 0 Å². The van der Waals surface area contributed by atoms with E-state index in [9.17, 15) is 9.59 Å². The number of ether oxygens (including phenoxy) is 2. The number of benzene rings is 2. The first-order valence-corrected chi connectivity index (χ1v) is 13.1. The molecule has 2 aromatic rings. The zero-order chi connectivity index (χ0) is 26.7. The highest BCUT2D eigenvalue weighted by molar-refractivity contribution is 5.85. The van der Waals surface area contributed by atoms with Crippen molar-refractivity contribution in [1.82, 2.24) is 0 Å². The van der Waals surface area contributed by atoms with E-state index in [-0.39, 0.29) is 18.4 Å². The third-order valence-electron chi connectivity index (χ3n) is 6.64. The quantitative estimate of drug-likeness (QED) is 0.348. The molecular weight excluding hydrogens is 452 g/mol. The van der Waals surface area contributed by atoms with E-state index in [0.29, 0.717) is 44.2 Å². The summed E-state index contributed by atoms with van der Waals surface area (Å²) in [7, 11) is 0. The highest BCUT2D eigenvalue weighted by Gasteiger charge is 2.22. The average Bonchev–Trinajstić information content (AvgIpc) is 2.86. The maximum absolute atomic E-state index is 12.2. The van der Waals surface area contributed by atoms with Crippen LogP contribution in [0.15, 0.2) is 36.4 Å². The van der Waals surface area contributed by atoms with Crippen molar-refractivity contribution in [3.8, 4) is 5.75 Å². The van der Waals surface area contributed by atoms with Gasteiger partial charge in [0.2, 0.25) is 0 Å². The Morgan fingerprint density at radius 2 is 1.64 bits per heavy atom. The fourth-order valence-electron chi connectivity index (χ4n) is 4.20. The highest BCUT2D eigenvalue weighted by Crippen LogP contribution is 2.29. The zero-order valence-electron chi connectivity index (χ0n) is 22.7. The lowest BCUT2D eigenvalue weighted by molar-refractivity contribution is -0.143. The number of carbonyl (C=O) groups is 2. The van der Waals surface area contributed by atoms with Crippen LogP contribution in [0, 0.1) is 5.41 Å². The maximum Gasteiger partial charge on any atom is 0.306 e. The summed E-state index contributed by atoms with van der Waals surface area (Å²) >= 11 is 0. The van der Waals surface area contributed by atoms with Gasteiger partial charge in [0.25, 0.3) is 0 Å². The molecule has 6 heteroatoms. The second-order valence-electron chi connectivity index (χ2n) is 10.3. The number of aryl methyl sites for hydroxylation is 2. The van der Waals surface area contributed by atoms with Gasteiger partial charge in [0, 0.05) is 30.5 Å². The minimum absolute atomic E-state index is 0.0486. The smallest absolute Gasteiger partial charge is 0.306 e. The predicted octanol–water partition coefficient (Wildman–Crippen LogP) is 5.22. The monoisotopic (exact) mass is 496 g/mol. The molecule has 36 heavy (non-hydrogen) atoms. The molecule has 0 radical (unpaired) electrons. The number of esters is 1. The Kier molecular flexibility index (Phi) is 11.6. The summed E-state index contributed by atoms with van der Waals surface area (Å²) in [6.45, 7) is 11.0. The molecule has 0 aromatic heterocycles. The van der Waals surface area contributed by atoms with Gasteiger partial charge in [-0.05, 0) is 66.8 Å². The largest absolute Gasteiger partial charge is 0.485 e. The molecule has 0 heterocycles. The number of nitrogens with two attached hydrogens (primary N) is 2. The minimum atomic E-state index is -0.430. The summed E-state index contributed by atoms with van der Waals surface area (Å²) < 4.78 is 10.9. The van der Waals surface area contributed by atoms with Crippen LogP contribution in [0.5, 0.6) is 5.75 Å². The van der Waals surface area contributed by atoms with Gasteiger partial charge in [0.15, 0.2) is 5.78 Å². The van der Waals surface area contributed by atoms with E-state index in [4.69, 9.17) is 20.9 Å². The van der Waals surface area contributed by atoms with Crippen LogP contribution >= 0.6 is 0 Å². The van der Waals surface area contributed by atoms with Crippen LogP contribution in [-0.2, 0) is 40.3 Å². The number of hydrogen-bond donors (Lipinski definition) is 2. The van der Waals surface area contributed by atoms with Crippen LogP contribution < -0.4 is 16.2 Å². The number of Topliss-reactive ketones (excluding diaryl/α,β-unsaturated/α-hetero) is 1. The van der Waals surface area contributed by atoms with Gasteiger partial charge in [-0.2, -0.15) is 0 Å². The van der Waals surface area contributed by atoms with Crippen molar-refractivity contribution in [2.24, 2.45) is 16.9 Å². The third-order valence-corrected chi connectivity index (χ3v) is 6.64. The van der Waals surface area contributed by atoms with E-state index in [1.54, 1.807) is 0 Å². The summed E-state index contributed by atoms with van der Waals surface area (Å²) in [5.41, 5.74) is 17.2. The predicted molar refractivity (Wildman–Crippen MR) is 145 cm³/mol. The van der Waals surface area contributed by atoms with E-state index in [0.717, 1.165) is 36.0 Å². The average molecular weight is 497 g/mol.